The van der Waals surface area contributed by atoms with Gasteiger partial charge in [-0.2, -0.15) is 0 Å². The van der Waals surface area contributed by atoms with E-state index >= 15 is 0 Å². The van der Waals surface area contributed by atoms with Crippen LogP contribution in [0.5, 0.6) is 0 Å². The number of hydrogen-bond donors (Lipinski definition) is 0. The zero-order valence-electron chi connectivity index (χ0n) is 40.7. The highest BCUT2D eigenvalue weighted by atomic mass is 32.1. The maximum atomic E-state index is 2.60. The Balaban J connectivity index is 1.04. The minimum atomic E-state index is -0.522. The van der Waals surface area contributed by atoms with Crippen molar-refractivity contribution in [2.24, 2.45) is 0 Å². The van der Waals surface area contributed by atoms with E-state index in [2.05, 4.69) is 260 Å². The van der Waals surface area contributed by atoms with Gasteiger partial charge in [0.25, 0.3) is 0 Å². The minimum Gasteiger partial charge on any atom is -0.309 e. The molecule has 1 saturated carbocycles. The van der Waals surface area contributed by atoms with Gasteiger partial charge in [0.05, 0.1) is 22.5 Å². The Labute approximate surface area is 432 Å². The third-order valence-corrected chi connectivity index (χ3v) is 17.4. The summed E-state index contributed by atoms with van der Waals surface area (Å²) in [5, 5.41) is 5.29. The number of thiophene rings is 1. The van der Waals surface area contributed by atoms with Crippen molar-refractivity contribution < 1.29 is 0 Å². The molecule has 0 unspecified atom stereocenters. The van der Waals surface area contributed by atoms with Gasteiger partial charge in [-0.3, -0.25) is 0 Å². The smallest absolute Gasteiger partial charge is 0.0713 e. The second-order valence-electron chi connectivity index (χ2n) is 20.0. The second-order valence-corrected chi connectivity index (χ2v) is 21.1. The predicted molar refractivity (Wildman–Crippen MR) is 311 cm³/mol. The summed E-state index contributed by atoms with van der Waals surface area (Å²) in [5.74, 6) is 0.551. The number of para-hydroxylation sites is 3. The fraction of sp³-hybridized carbons (Fsp3) is 0.0986. The van der Waals surface area contributed by atoms with Gasteiger partial charge in [0.15, 0.2) is 0 Å². The Kier molecular flexibility index (Phi) is 10.8. The molecular weight excluding hydrogens is 899 g/mol. The molecule has 0 spiro atoms. The molecule has 2 aliphatic carbocycles. The van der Waals surface area contributed by atoms with Crippen LogP contribution in [0.2, 0.25) is 0 Å². The first kappa shape index (κ1) is 43.5. The van der Waals surface area contributed by atoms with Crippen molar-refractivity contribution in [2.75, 3.05) is 4.90 Å². The third kappa shape index (κ3) is 7.03. The molecule has 1 heterocycles. The van der Waals surface area contributed by atoms with Gasteiger partial charge in [-0.1, -0.05) is 244 Å². The van der Waals surface area contributed by atoms with Crippen LogP contribution in [-0.4, -0.2) is 0 Å². The number of fused-ring (bicyclic) bond motifs is 7. The lowest BCUT2D eigenvalue weighted by atomic mass is 9.67. The highest BCUT2D eigenvalue weighted by Crippen LogP contribution is 2.58. The molecule has 0 saturated heterocycles. The van der Waals surface area contributed by atoms with Crippen LogP contribution in [-0.2, 0) is 5.41 Å². The molecule has 73 heavy (non-hydrogen) atoms. The molecule has 12 aromatic rings. The lowest BCUT2D eigenvalue weighted by Crippen LogP contribution is -2.28. The maximum Gasteiger partial charge on any atom is 0.0713 e. The molecule has 0 bridgehead atoms. The predicted octanol–water partition coefficient (Wildman–Crippen LogP) is 20.1. The van der Waals surface area contributed by atoms with Crippen LogP contribution in [0.25, 0.3) is 75.5 Å². The van der Waals surface area contributed by atoms with Crippen molar-refractivity contribution in [1.82, 2.24) is 0 Å². The monoisotopic (exact) mass is 951 g/mol. The molecule has 1 nitrogen and oxygen atoms in total. The summed E-state index contributed by atoms with van der Waals surface area (Å²) in [5.41, 5.74) is 19.4. The van der Waals surface area contributed by atoms with Gasteiger partial charge < -0.3 is 4.90 Å². The summed E-state index contributed by atoms with van der Waals surface area (Å²) in [6, 6.07) is 95.9. The normalized spacial score (nSPS) is 14.1. The van der Waals surface area contributed by atoms with Gasteiger partial charge in [0.1, 0.15) is 0 Å². The fourth-order valence-electron chi connectivity index (χ4n) is 13.0. The van der Waals surface area contributed by atoms with Gasteiger partial charge in [-0.05, 0) is 110 Å². The molecule has 348 valence electrons. The van der Waals surface area contributed by atoms with E-state index < -0.39 is 5.41 Å². The molecule has 1 aromatic heterocycles. The molecule has 11 aromatic carbocycles. The van der Waals surface area contributed by atoms with Crippen LogP contribution in [0.4, 0.5) is 17.1 Å². The van der Waals surface area contributed by atoms with E-state index in [9.17, 15) is 0 Å². The summed E-state index contributed by atoms with van der Waals surface area (Å²) < 4.78 is 2.61. The lowest BCUT2D eigenvalue weighted by Gasteiger charge is -2.34. The largest absolute Gasteiger partial charge is 0.309 e. The number of rotatable bonds is 9. The van der Waals surface area contributed by atoms with Gasteiger partial charge in [0.2, 0.25) is 0 Å². The summed E-state index contributed by atoms with van der Waals surface area (Å²) in [4.78, 5) is 2.60. The molecular formula is C71H53NS. The molecule has 0 amide bonds. The Morgan fingerprint density at radius 3 is 1.62 bits per heavy atom. The molecule has 1 fully saturated rings. The fourth-order valence-corrected chi connectivity index (χ4v) is 14.2. The Bertz CT molecular complexity index is 3980. The summed E-state index contributed by atoms with van der Waals surface area (Å²) in [6.07, 6.45) is 6.40. The van der Waals surface area contributed by atoms with Crippen LogP contribution in [0.3, 0.4) is 0 Å². The Hall–Kier alpha value is -8.30. The number of hydrogen-bond acceptors (Lipinski definition) is 2. The first-order chi connectivity index (χ1) is 36.3. The van der Waals surface area contributed by atoms with Crippen LogP contribution in [0.1, 0.15) is 65.8 Å². The van der Waals surface area contributed by atoms with Crippen molar-refractivity contribution in [3.63, 3.8) is 0 Å². The topological polar surface area (TPSA) is 3.24 Å². The maximum absolute atomic E-state index is 2.60. The van der Waals surface area contributed by atoms with Crippen LogP contribution in [0, 0.1) is 0 Å². The third-order valence-electron chi connectivity index (χ3n) is 16.2. The van der Waals surface area contributed by atoms with Crippen LogP contribution in [0.15, 0.2) is 255 Å². The summed E-state index contributed by atoms with van der Waals surface area (Å²) in [7, 11) is 0. The summed E-state index contributed by atoms with van der Waals surface area (Å²) in [6.45, 7) is 0. The molecule has 0 atom stereocenters. The van der Waals surface area contributed by atoms with Crippen molar-refractivity contribution in [3.05, 3.63) is 283 Å². The van der Waals surface area contributed by atoms with Crippen LogP contribution >= 0.6 is 11.3 Å². The summed E-state index contributed by atoms with van der Waals surface area (Å²) >= 11 is 1.90. The number of nitrogens with zero attached hydrogens (tertiary/aromatic N) is 1. The van der Waals surface area contributed by atoms with E-state index in [-0.39, 0.29) is 0 Å². The molecule has 0 aliphatic heterocycles. The van der Waals surface area contributed by atoms with Crippen molar-refractivity contribution in [2.45, 2.75) is 43.4 Å². The standard InChI is InChI=1S/C71H53NS/c1-4-23-48(24-5-1)54-36-20-25-49-26-21-37-60(69(49)54)57-33-12-17-42-66(57)72(67-43-18-13-34-58(67)61-38-22-39-62-59-35-14-19-44-68(59)73-70(61)62)65-41-16-11-31-53(65)50-45-46-56-55-32-10-15-40-63(55)71(64(56)47-50,51-27-6-2-7-28-51)52-29-8-3-9-30-52/h2-3,6-22,25-48H,1,4-5,23-24H2. The zero-order valence-corrected chi connectivity index (χ0v) is 41.5. The molecule has 2 aliphatic rings. The van der Waals surface area contributed by atoms with E-state index in [1.807, 2.05) is 11.3 Å². The average Bonchev–Trinajstić information content (AvgIpc) is 4.04. The molecule has 14 rings (SSSR count). The second kappa shape index (κ2) is 18.1. The highest BCUT2D eigenvalue weighted by Gasteiger charge is 2.46. The molecule has 2 heteroatoms. The van der Waals surface area contributed by atoms with E-state index in [1.54, 1.807) is 0 Å². The van der Waals surface area contributed by atoms with Crippen LogP contribution < -0.4 is 4.90 Å². The van der Waals surface area contributed by atoms with E-state index in [4.69, 9.17) is 0 Å². The lowest BCUT2D eigenvalue weighted by molar-refractivity contribution is 0.445. The first-order valence-corrected chi connectivity index (χ1v) is 26.9. The van der Waals surface area contributed by atoms with Crippen molar-refractivity contribution >= 4 is 59.3 Å². The molecule has 0 radical (unpaired) electrons. The number of benzene rings is 11. The van der Waals surface area contributed by atoms with Gasteiger partial charge >= 0.3 is 0 Å². The minimum absolute atomic E-state index is 0.522. The zero-order chi connectivity index (χ0) is 48.3. The molecule has 0 N–H and O–H groups in total. The Morgan fingerprint density at radius 1 is 0.370 bits per heavy atom. The van der Waals surface area contributed by atoms with Crippen molar-refractivity contribution in [1.29, 1.82) is 0 Å². The van der Waals surface area contributed by atoms with Crippen molar-refractivity contribution in [3.8, 4) is 44.5 Å². The first-order valence-electron chi connectivity index (χ1n) is 26.1. The SMILES string of the molecule is c1ccc(C2(c3ccccc3)c3ccccc3-c3ccc(-c4ccccc4N(c4ccccc4-c4cccc5c4sc4ccccc45)c4ccccc4-c4cccc5cccc(C6CCCCC6)c45)cc32)cc1. The van der Waals surface area contributed by atoms with Gasteiger partial charge in [0, 0.05) is 42.4 Å². The van der Waals surface area contributed by atoms with E-state index in [1.165, 1.54) is 135 Å². The number of anilines is 3. The quantitative estimate of drug-likeness (QED) is 0.139. The van der Waals surface area contributed by atoms with E-state index in [0.717, 1.165) is 17.1 Å². The van der Waals surface area contributed by atoms with Gasteiger partial charge in [-0.25, -0.2) is 0 Å². The van der Waals surface area contributed by atoms with Gasteiger partial charge in [-0.15, -0.1) is 11.3 Å². The Morgan fingerprint density at radius 2 is 0.890 bits per heavy atom. The van der Waals surface area contributed by atoms with E-state index in [0.29, 0.717) is 5.92 Å². The average molecular weight is 952 g/mol. The highest BCUT2D eigenvalue weighted by molar-refractivity contribution is 7.26.